The molecule has 8 heteroatoms. The van der Waals surface area contributed by atoms with Crippen molar-refractivity contribution in [2.45, 2.75) is 25.7 Å². The number of aromatic nitrogens is 1. The number of benzene rings is 2. The summed E-state index contributed by atoms with van der Waals surface area (Å²) in [5.41, 5.74) is 3.51. The van der Waals surface area contributed by atoms with Gasteiger partial charge >= 0.3 is 0 Å². The van der Waals surface area contributed by atoms with Crippen LogP contribution in [0.15, 0.2) is 57.9 Å². The lowest BCUT2D eigenvalue weighted by Crippen LogP contribution is -2.26. The van der Waals surface area contributed by atoms with Crippen LogP contribution in [0, 0.1) is 13.8 Å². The Bertz CT molecular complexity index is 1180. The lowest BCUT2D eigenvalue weighted by Gasteiger charge is -2.19. The highest BCUT2D eigenvalue weighted by Gasteiger charge is 2.21. The Kier molecular flexibility index (Phi) is 6.07. The molecule has 0 radical (unpaired) electrons. The van der Waals surface area contributed by atoms with Gasteiger partial charge in [-0.1, -0.05) is 41.1 Å². The van der Waals surface area contributed by atoms with Crippen molar-refractivity contribution in [1.82, 2.24) is 5.16 Å². The van der Waals surface area contributed by atoms with Gasteiger partial charge in [-0.3, -0.25) is 9.10 Å². The Hall–Kier alpha value is -3.39. The number of amides is 1. The first-order valence-electron chi connectivity index (χ1n) is 9.26. The summed E-state index contributed by atoms with van der Waals surface area (Å²) in [6, 6.07) is 13.8. The predicted molar refractivity (Wildman–Crippen MR) is 118 cm³/mol. The van der Waals surface area contributed by atoms with E-state index in [2.05, 4.69) is 10.5 Å². The maximum absolute atomic E-state index is 12.9. The van der Waals surface area contributed by atoms with Gasteiger partial charge < -0.3 is 9.84 Å². The van der Waals surface area contributed by atoms with Crippen LogP contribution in [-0.2, 0) is 14.8 Å². The summed E-state index contributed by atoms with van der Waals surface area (Å²) < 4.78 is 32.3. The zero-order valence-corrected chi connectivity index (χ0v) is 18.0. The molecule has 1 amide bonds. The second-order valence-electron chi connectivity index (χ2n) is 6.90. The Balaban J connectivity index is 1.80. The van der Waals surface area contributed by atoms with Crippen molar-refractivity contribution in [3.05, 3.63) is 71.1 Å². The molecule has 1 N–H and O–H groups in total. The number of nitrogens with one attached hydrogen (secondary N) is 1. The second kappa shape index (κ2) is 8.54. The SMILES string of the molecule is CC(=O)Nc1c(C)noc1C=Cc1ccc(S(=O)(=O)N(C)c2ccc(C)cc2)cc1. The van der Waals surface area contributed by atoms with E-state index in [1.807, 2.05) is 19.1 Å². The third-order valence-electron chi connectivity index (χ3n) is 4.55. The van der Waals surface area contributed by atoms with E-state index in [9.17, 15) is 13.2 Å². The van der Waals surface area contributed by atoms with Crippen molar-refractivity contribution in [3.8, 4) is 0 Å². The van der Waals surface area contributed by atoms with Gasteiger partial charge in [0, 0.05) is 14.0 Å². The molecule has 0 spiro atoms. The third-order valence-corrected chi connectivity index (χ3v) is 6.35. The van der Waals surface area contributed by atoms with Crippen molar-refractivity contribution in [1.29, 1.82) is 0 Å². The summed E-state index contributed by atoms with van der Waals surface area (Å²) in [6.07, 6.45) is 3.43. The molecule has 30 heavy (non-hydrogen) atoms. The number of sulfonamides is 1. The van der Waals surface area contributed by atoms with Crippen LogP contribution in [0.4, 0.5) is 11.4 Å². The van der Waals surface area contributed by atoms with Crippen LogP contribution in [0.3, 0.4) is 0 Å². The van der Waals surface area contributed by atoms with Crippen molar-refractivity contribution in [3.63, 3.8) is 0 Å². The van der Waals surface area contributed by atoms with Gasteiger partial charge in [0.25, 0.3) is 10.0 Å². The van der Waals surface area contributed by atoms with E-state index in [1.165, 1.54) is 18.3 Å². The van der Waals surface area contributed by atoms with Crippen LogP contribution < -0.4 is 9.62 Å². The normalized spacial score (nSPS) is 11.6. The monoisotopic (exact) mass is 425 g/mol. The van der Waals surface area contributed by atoms with Crippen molar-refractivity contribution in [2.75, 3.05) is 16.7 Å². The number of nitrogens with zero attached hydrogens (tertiary/aromatic N) is 2. The molecule has 0 atom stereocenters. The first-order chi connectivity index (χ1) is 14.2. The minimum atomic E-state index is -3.67. The molecule has 0 unspecified atom stereocenters. The highest BCUT2D eigenvalue weighted by molar-refractivity contribution is 7.92. The van der Waals surface area contributed by atoms with Crippen LogP contribution in [0.1, 0.15) is 29.5 Å². The zero-order chi connectivity index (χ0) is 21.9. The molecule has 1 aromatic heterocycles. The first kappa shape index (κ1) is 21.3. The fourth-order valence-electron chi connectivity index (χ4n) is 2.80. The van der Waals surface area contributed by atoms with Crippen LogP contribution >= 0.6 is 0 Å². The summed E-state index contributed by atoms with van der Waals surface area (Å²) in [4.78, 5) is 11.5. The number of hydrogen-bond acceptors (Lipinski definition) is 5. The van der Waals surface area contributed by atoms with E-state index >= 15 is 0 Å². The van der Waals surface area contributed by atoms with E-state index in [4.69, 9.17) is 4.52 Å². The van der Waals surface area contributed by atoms with Crippen LogP contribution in [0.25, 0.3) is 12.2 Å². The summed E-state index contributed by atoms with van der Waals surface area (Å²) in [5, 5.41) is 6.54. The van der Waals surface area contributed by atoms with Crippen molar-refractivity contribution >= 4 is 39.5 Å². The maximum atomic E-state index is 12.9. The van der Waals surface area contributed by atoms with Gasteiger partial charge in [-0.25, -0.2) is 8.42 Å². The average molecular weight is 426 g/mol. The molecular formula is C22H23N3O4S. The number of carbonyl (C=O) groups excluding carboxylic acids is 1. The minimum absolute atomic E-state index is 0.192. The molecule has 2 aromatic carbocycles. The minimum Gasteiger partial charge on any atom is -0.354 e. The highest BCUT2D eigenvalue weighted by atomic mass is 32.2. The quantitative estimate of drug-likeness (QED) is 0.637. The van der Waals surface area contributed by atoms with Gasteiger partial charge in [-0.05, 0) is 49.8 Å². The van der Waals surface area contributed by atoms with Gasteiger partial charge in [0.2, 0.25) is 5.91 Å². The van der Waals surface area contributed by atoms with E-state index in [-0.39, 0.29) is 10.8 Å². The first-order valence-corrected chi connectivity index (χ1v) is 10.7. The van der Waals surface area contributed by atoms with E-state index in [0.29, 0.717) is 22.8 Å². The molecule has 0 aliphatic carbocycles. The molecule has 156 valence electrons. The lowest BCUT2D eigenvalue weighted by atomic mass is 10.2. The van der Waals surface area contributed by atoms with Crippen molar-refractivity contribution in [2.24, 2.45) is 0 Å². The Morgan fingerprint density at radius 3 is 2.27 bits per heavy atom. The molecule has 0 aliphatic rings. The molecule has 0 bridgehead atoms. The average Bonchev–Trinajstić information content (AvgIpc) is 3.05. The van der Waals surface area contributed by atoms with Gasteiger partial charge in [0.15, 0.2) is 5.76 Å². The topological polar surface area (TPSA) is 92.5 Å². The lowest BCUT2D eigenvalue weighted by molar-refractivity contribution is -0.114. The molecule has 1 heterocycles. The van der Waals surface area contributed by atoms with Crippen LogP contribution in [0.2, 0.25) is 0 Å². The van der Waals surface area contributed by atoms with E-state index in [1.54, 1.807) is 55.5 Å². The van der Waals surface area contributed by atoms with E-state index < -0.39 is 10.0 Å². The largest absolute Gasteiger partial charge is 0.354 e. The van der Waals surface area contributed by atoms with Gasteiger partial charge in [-0.2, -0.15) is 0 Å². The molecule has 0 fully saturated rings. The van der Waals surface area contributed by atoms with Gasteiger partial charge in [0.05, 0.1) is 10.6 Å². The summed E-state index contributed by atoms with van der Waals surface area (Å²) in [5.74, 6) is 0.196. The maximum Gasteiger partial charge on any atom is 0.264 e. The Morgan fingerprint density at radius 1 is 1.03 bits per heavy atom. The van der Waals surface area contributed by atoms with Crippen LogP contribution in [-0.4, -0.2) is 26.5 Å². The molecular weight excluding hydrogens is 402 g/mol. The van der Waals surface area contributed by atoms with Crippen LogP contribution in [0.5, 0.6) is 0 Å². The molecule has 3 rings (SSSR count). The number of anilines is 2. The molecule has 0 saturated heterocycles. The summed E-state index contributed by atoms with van der Waals surface area (Å²) in [7, 11) is -2.14. The number of hydrogen-bond donors (Lipinski definition) is 1. The summed E-state index contributed by atoms with van der Waals surface area (Å²) in [6.45, 7) is 5.09. The van der Waals surface area contributed by atoms with Crippen molar-refractivity contribution < 1.29 is 17.7 Å². The molecule has 0 saturated carbocycles. The Labute approximate surface area is 176 Å². The van der Waals surface area contributed by atoms with Gasteiger partial charge in [-0.15, -0.1) is 0 Å². The number of rotatable bonds is 6. The standard InChI is InChI=1S/C22H23N3O4S/c1-15-5-10-19(11-6-15)25(4)30(27,28)20-12-7-18(8-13-20)9-14-21-22(23-17(3)26)16(2)24-29-21/h5-14H,1-4H3,(H,23,26). The van der Waals surface area contributed by atoms with Gasteiger partial charge in [0.1, 0.15) is 11.4 Å². The molecule has 7 nitrogen and oxygen atoms in total. The number of aryl methyl sites for hydroxylation is 2. The molecule has 3 aromatic rings. The smallest absolute Gasteiger partial charge is 0.264 e. The fourth-order valence-corrected chi connectivity index (χ4v) is 4.00. The fraction of sp³-hybridized carbons (Fsp3) is 0.182. The predicted octanol–water partition coefficient (Wildman–Crippen LogP) is 4.25. The second-order valence-corrected chi connectivity index (χ2v) is 8.87. The molecule has 0 aliphatic heterocycles. The number of carbonyl (C=O) groups is 1. The zero-order valence-electron chi connectivity index (χ0n) is 17.2. The third kappa shape index (κ3) is 4.60. The summed E-state index contributed by atoms with van der Waals surface area (Å²) >= 11 is 0. The highest BCUT2D eigenvalue weighted by Crippen LogP contribution is 2.25. The Morgan fingerprint density at radius 2 is 1.67 bits per heavy atom. The van der Waals surface area contributed by atoms with E-state index in [0.717, 1.165) is 11.1 Å².